The van der Waals surface area contributed by atoms with Crippen molar-refractivity contribution >= 4 is 17.2 Å². The molecule has 0 amide bonds. The van der Waals surface area contributed by atoms with E-state index in [0.717, 1.165) is 17.7 Å². The lowest BCUT2D eigenvalue weighted by molar-refractivity contribution is 0.241. The van der Waals surface area contributed by atoms with Crippen molar-refractivity contribution in [2.24, 2.45) is 0 Å². The van der Waals surface area contributed by atoms with E-state index in [2.05, 4.69) is 18.0 Å². The van der Waals surface area contributed by atoms with Gasteiger partial charge in [0.25, 0.3) is 0 Å². The number of aromatic nitrogens is 1. The zero-order valence-electron chi connectivity index (χ0n) is 10.0. The molecule has 0 aliphatic carbocycles. The van der Waals surface area contributed by atoms with Gasteiger partial charge in [0.05, 0.1) is 12.3 Å². The first-order valence-corrected chi connectivity index (χ1v) is 6.01. The van der Waals surface area contributed by atoms with Crippen LogP contribution in [0, 0.1) is 0 Å². The van der Waals surface area contributed by atoms with E-state index in [-0.39, 0.29) is 6.10 Å². The summed E-state index contributed by atoms with van der Waals surface area (Å²) in [6.07, 6.45) is 6.74. The first-order valence-electron chi connectivity index (χ1n) is 5.48. The lowest BCUT2D eigenvalue weighted by Gasteiger charge is -2.10. The Morgan fingerprint density at radius 2 is 2.25 bits per heavy atom. The molecule has 0 unspecified atom stereocenters. The van der Waals surface area contributed by atoms with E-state index in [9.17, 15) is 0 Å². The third kappa shape index (κ3) is 4.23. The van der Waals surface area contributed by atoms with Crippen molar-refractivity contribution < 1.29 is 4.74 Å². The van der Waals surface area contributed by atoms with E-state index in [0.29, 0.717) is 5.88 Å². The molecule has 0 saturated carbocycles. The summed E-state index contributed by atoms with van der Waals surface area (Å²) in [4.78, 5) is 4.17. The summed E-state index contributed by atoms with van der Waals surface area (Å²) in [5, 5.41) is 0. The van der Waals surface area contributed by atoms with E-state index in [1.165, 1.54) is 5.57 Å². The summed E-state index contributed by atoms with van der Waals surface area (Å²) in [5.74, 6) is 1.46. The quantitative estimate of drug-likeness (QED) is 0.727. The molecule has 0 fully saturated rings. The summed E-state index contributed by atoms with van der Waals surface area (Å²) >= 11 is 5.65. The minimum absolute atomic E-state index is 0.171. The molecule has 2 nitrogen and oxygen atoms in total. The van der Waals surface area contributed by atoms with Crippen LogP contribution in [-0.2, 0) is 0 Å². The standard InChI is InChI=1S/C13H18ClNO/c1-10(2)16-13-7-12(8-15-9-13)11(3)5-4-6-14/h5,7-10H,4,6H2,1-3H3/b11-5+. The second kappa shape index (κ2) is 6.54. The molecule has 1 rings (SSSR count). The summed E-state index contributed by atoms with van der Waals surface area (Å²) < 4.78 is 5.59. The Labute approximate surface area is 102 Å². The van der Waals surface area contributed by atoms with Crippen molar-refractivity contribution in [3.05, 3.63) is 30.1 Å². The molecule has 1 aromatic rings. The lowest BCUT2D eigenvalue weighted by Crippen LogP contribution is -2.05. The highest BCUT2D eigenvalue weighted by Gasteiger charge is 2.01. The Kier molecular flexibility index (Phi) is 5.33. The van der Waals surface area contributed by atoms with Gasteiger partial charge in [-0.15, -0.1) is 11.6 Å². The molecule has 0 spiro atoms. The number of nitrogens with zero attached hydrogens (tertiary/aromatic N) is 1. The van der Waals surface area contributed by atoms with Crippen LogP contribution in [0.2, 0.25) is 0 Å². The molecule has 0 N–H and O–H groups in total. The SMILES string of the molecule is C/C(=C\CCCl)c1cncc(OC(C)C)c1. The molecule has 0 radical (unpaired) electrons. The number of pyridine rings is 1. The van der Waals surface area contributed by atoms with Gasteiger partial charge in [0.15, 0.2) is 0 Å². The van der Waals surface area contributed by atoms with Gasteiger partial charge in [-0.05, 0) is 44.4 Å². The molecule has 0 saturated heterocycles. The summed E-state index contributed by atoms with van der Waals surface area (Å²) in [7, 11) is 0. The van der Waals surface area contributed by atoms with Crippen LogP contribution in [-0.4, -0.2) is 17.0 Å². The Balaban J connectivity index is 2.81. The van der Waals surface area contributed by atoms with Crippen LogP contribution >= 0.6 is 11.6 Å². The number of hydrogen-bond donors (Lipinski definition) is 0. The molecule has 0 aliphatic heterocycles. The van der Waals surface area contributed by atoms with Crippen molar-refractivity contribution in [2.45, 2.75) is 33.3 Å². The lowest BCUT2D eigenvalue weighted by atomic mass is 10.1. The second-order valence-electron chi connectivity index (χ2n) is 3.94. The highest BCUT2D eigenvalue weighted by molar-refractivity contribution is 6.17. The number of rotatable bonds is 5. The average molecular weight is 240 g/mol. The van der Waals surface area contributed by atoms with E-state index in [1.54, 1.807) is 6.20 Å². The maximum absolute atomic E-state index is 5.65. The fraction of sp³-hybridized carbons (Fsp3) is 0.462. The van der Waals surface area contributed by atoms with Gasteiger partial charge in [-0.25, -0.2) is 0 Å². The van der Waals surface area contributed by atoms with Crippen LogP contribution in [0.1, 0.15) is 32.8 Å². The van der Waals surface area contributed by atoms with E-state index >= 15 is 0 Å². The summed E-state index contributed by atoms with van der Waals surface area (Å²) in [6, 6.07) is 2.01. The molecule has 88 valence electrons. The smallest absolute Gasteiger partial charge is 0.138 e. The molecule has 1 heterocycles. The molecular weight excluding hydrogens is 222 g/mol. The Morgan fingerprint density at radius 1 is 1.50 bits per heavy atom. The van der Waals surface area contributed by atoms with Crippen molar-refractivity contribution in [3.63, 3.8) is 0 Å². The van der Waals surface area contributed by atoms with Gasteiger partial charge in [-0.2, -0.15) is 0 Å². The van der Waals surface area contributed by atoms with Crippen LogP contribution in [0.25, 0.3) is 5.57 Å². The molecule has 0 aromatic carbocycles. The fourth-order valence-electron chi connectivity index (χ4n) is 1.36. The van der Waals surface area contributed by atoms with E-state index in [4.69, 9.17) is 16.3 Å². The summed E-state index contributed by atoms with van der Waals surface area (Å²) in [5.41, 5.74) is 2.27. The van der Waals surface area contributed by atoms with Crippen molar-refractivity contribution in [1.82, 2.24) is 4.98 Å². The highest BCUT2D eigenvalue weighted by atomic mass is 35.5. The van der Waals surface area contributed by atoms with Crippen LogP contribution in [0.3, 0.4) is 0 Å². The number of ether oxygens (including phenoxy) is 1. The number of halogens is 1. The molecule has 3 heteroatoms. The minimum atomic E-state index is 0.171. The Morgan fingerprint density at radius 3 is 2.88 bits per heavy atom. The normalized spacial score (nSPS) is 11.9. The monoisotopic (exact) mass is 239 g/mol. The number of allylic oxidation sites excluding steroid dienone is 2. The van der Waals surface area contributed by atoms with Gasteiger partial charge in [-0.3, -0.25) is 4.98 Å². The zero-order valence-corrected chi connectivity index (χ0v) is 10.8. The van der Waals surface area contributed by atoms with Crippen LogP contribution in [0.4, 0.5) is 0 Å². The summed E-state index contributed by atoms with van der Waals surface area (Å²) in [6.45, 7) is 6.06. The highest BCUT2D eigenvalue weighted by Crippen LogP contribution is 2.19. The van der Waals surface area contributed by atoms with E-state index in [1.807, 2.05) is 26.1 Å². The first-order chi connectivity index (χ1) is 7.63. The van der Waals surface area contributed by atoms with Gasteiger partial charge < -0.3 is 4.74 Å². The van der Waals surface area contributed by atoms with Gasteiger partial charge in [-0.1, -0.05) is 6.08 Å². The number of alkyl halides is 1. The molecule has 0 aliphatic rings. The third-order valence-electron chi connectivity index (χ3n) is 2.10. The van der Waals surface area contributed by atoms with Crippen molar-refractivity contribution in [2.75, 3.05) is 5.88 Å². The van der Waals surface area contributed by atoms with Gasteiger partial charge >= 0.3 is 0 Å². The maximum Gasteiger partial charge on any atom is 0.138 e. The van der Waals surface area contributed by atoms with Crippen LogP contribution in [0.15, 0.2) is 24.5 Å². The van der Waals surface area contributed by atoms with Gasteiger partial charge in [0.2, 0.25) is 0 Å². The van der Waals surface area contributed by atoms with E-state index < -0.39 is 0 Å². The number of hydrogen-bond acceptors (Lipinski definition) is 2. The Hall–Kier alpha value is -1.02. The van der Waals surface area contributed by atoms with Crippen LogP contribution < -0.4 is 4.74 Å². The minimum Gasteiger partial charge on any atom is -0.489 e. The largest absolute Gasteiger partial charge is 0.489 e. The zero-order chi connectivity index (χ0) is 12.0. The average Bonchev–Trinajstić information content (AvgIpc) is 2.25. The predicted molar refractivity (Wildman–Crippen MR) is 69.0 cm³/mol. The molecular formula is C13H18ClNO. The molecule has 0 atom stereocenters. The van der Waals surface area contributed by atoms with Crippen LogP contribution in [0.5, 0.6) is 5.75 Å². The van der Waals surface area contributed by atoms with Gasteiger partial charge in [0, 0.05) is 12.1 Å². The van der Waals surface area contributed by atoms with Crippen molar-refractivity contribution in [3.8, 4) is 5.75 Å². The molecule has 1 aromatic heterocycles. The fourth-order valence-corrected chi connectivity index (χ4v) is 1.47. The first kappa shape index (κ1) is 13.0. The molecule has 0 bridgehead atoms. The second-order valence-corrected chi connectivity index (χ2v) is 4.32. The van der Waals surface area contributed by atoms with Gasteiger partial charge in [0.1, 0.15) is 5.75 Å². The van der Waals surface area contributed by atoms with Crippen molar-refractivity contribution in [1.29, 1.82) is 0 Å². The maximum atomic E-state index is 5.65. The predicted octanol–water partition coefficient (Wildman–Crippen LogP) is 3.90. The topological polar surface area (TPSA) is 22.1 Å². The third-order valence-corrected chi connectivity index (χ3v) is 2.32. The Bertz CT molecular complexity index is 361. The molecule has 16 heavy (non-hydrogen) atoms.